The number of rotatable bonds is 5. The van der Waals surface area contributed by atoms with E-state index < -0.39 is 23.4 Å². The predicted molar refractivity (Wildman–Crippen MR) is 75.7 cm³/mol. The number of hydrogen-bond acceptors (Lipinski definition) is 3. The first-order chi connectivity index (χ1) is 9.88. The Balaban J connectivity index is 2.24. The van der Waals surface area contributed by atoms with Crippen LogP contribution in [0.1, 0.15) is 31.4 Å². The average molecular weight is 290 g/mol. The summed E-state index contributed by atoms with van der Waals surface area (Å²) in [5.41, 5.74) is 0.694. The van der Waals surface area contributed by atoms with E-state index in [0.29, 0.717) is 5.56 Å². The quantitative estimate of drug-likeness (QED) is 0.804. The SMILES string of the molecule is CCc1ccc(C2(C)NC(=O)N(CCC(=O)O)C2=O)cc1. The number of benzene rings is 1. The Kier molecular flexibility index (Phi) is 3.97. The van der Waals surface area contributed by atoms with Gasteiger partial charge in [0, 0.05) is 6.54 Å². The second kappa shape index (κ2) is 5.55. The van der Waals surface area contributed by atoms with Gasteiger partial charge in [0.25, 0.3) is 5.91 Å². The largest absolute Gasteiger partial charge is 0.481 e. The van der Waals surface area contributed by atoms with Crippen LogP contribution in [0, 0.1) is 0 Å². The molecule has 0 bridgehead atoms. The monoisotopic (exact) mass is 290 g/mol. The maximum Gasteiger partial charge on any atom is 0.325 e. The lowest BCUT2D eigenvalue weighted by Gasteiger charge is -2.22. The van der Waals surface area contributed by atoms with Gasteiger partial charge in [0.1, 0.15) is 5.54 Å². The number of carboxylic acids is 1. The first-order valence-corrected chi connectivity index (χ1v) is 6.84. The van der Waals surface area contributed by atoms with Crippen molar-refractivity contribution in [2.45, 2.75) is 32.2 Å². The lowest BCUT2D eigenvalue weighted by Crippen LogP contribution is -2.41. The van der Waals surface area contributed by atoms with Crippen LogP contribution in [-0.4, -0.2) is 34.5 Å². The van der Waals surface area contributed by atoms with Crippen LogP contribution >= 0.6 is 0 Å². The number of nitrogens with zero attached hydrogens (tertiary/aromatic N) is 1. The van der Waals surface area contributed by atoms with Crippen LogP contribution in [0.25, 0.3) is 0 Å². The molecule has 0 aromatic heterocycles. The van der Waals surface area contributed by atoms with Crippen LogP contribution < -0.4 is 5.32 Å². The number of imide groups is 1. The lowest BCUT2D eigenvalue weighted by atomic mass is 9.91. The number of urea groups is 1. The standard InChI is InChI=1S/C15H18N2O4/c1-3-10-4-6-11(7-5-10)15(2)13(20)17(14(21)16-15)9-8-12(18)19/h4-7H,3,8-9H2,1-2H3,(H,16,21)(H,18,19). The zero-order valence-electron chi connectivity index (χ0n) is 12.0. The van der Waals surface area contributed by atoms with Crippen LogP contribution in [0.2, 0.25) is 0 Å². The van der Waals surface area contributed by atoms with E-state index in [9.17, 15) is 14.4 Å². The first kappa shape index (κ1) is 15.0. The van der Waals surface area contributed by atoms with Gasteiger partial charge in [-0.2, -0.15) is 0 Å². The second-order valence-corrected chi connectivity index (χ2v) is 5.21. The highest BCUT2D eigenvalue weighted by molar-refractivity contribution is 6.07. The molecule has 0 aliphatic carbocycles. The zero-order valence-corrected chi connectivity index (χ0v) is 12.0. The summed E-state index contributed by atoms with van der Waals surface area (Å²) in [5.74, 6) is -1.46. The maximum absolute atomic E-state index is 12.5. The van der Waals surface area contributed by atoms with Gasteiger partial charge in [-0.3, -0.25) is 14.5 Å². The highest BCUT2D eigenvalue weighted by atomic mass is 16.4. The van der Waals surface area contributed by atoms with Crippen molar-refractivity contribution in [2.75, 3.05) is 6.54 Å². The fraction of sp³-hybridized carbons (Fsp3) is 0.400. The third-order valence-corrected chi connectivity index (χ3v) is 3.76. The van der Waals surface area contributed by atoms with Crippen molar-refractivity contribution in [3.63, 3.8) is 0 Å². The molecule has 1 unspecified atom stereocenters. The zero-order chi connectivity index (χ0) is 15.6. The molecule has 0 radical (unpaired) electrons. The Morgan fingerprint density at radius 1 is 1.29 bits per heavy atom. The summed E-state index contributed by atoms with van der Waals surface area (Å²) in [7, 11) is 0. The van der Waals surface area contributed by atoms with Gasteiger partial charge in [-0.1, -0.05) is 31.2 Å². The van der Waals surface area contributed by atoms with Crippen molar-refractivity contribution in [1.29, 1.82) is 0 Å². The van der Waals surface area contributed by atoms with E-state index in [-0.39, 0.29) is 13.0 Å². The minimum Gasteiger partial charge on any atom is -0.481 e. The Hall–Kier alpha value is -2.37. The molecule has 1 aromatic carbocycles. The molecule has 3 amide bonds. The van der Waals surface area contributed by atoms with Crippen molar-refractivity contribution in [3.05, 3.63) is 35.4 Å². The van der Waals surface area contributed by atoms with Gasteiger partial charge in [0.2, 0.25) is 0 Å². The fourth-order valence-corrected chi connectivity index (χ4v) is 2.38. The van der Waals surface area contributed by atoms with Crippen molar-refractivity contribution in [1.82, 2.24) is 10.2 Å². The normalized spacial score (nSPS) is 21.5. The number of carboxylic acid groups (broad SMARTS) is 1. The molecule has 6 heteroatoms. The Labute approximate surface area is 122 Å². The van der Waals surface area contributed by atoms with Crippen LogP contribution in [-0.2, 0) is 21.5 Å². The second-order valence-electron chi connectivity index (χ2n) is 5.21. The fourth-order valence-electron chi connectivity index (χ4n) is 2.38. The maximum atomic E-state index is 12.5. The molecule has 21 heavy (non-hydrogen) atoms. The van der Waals surface area contributed by atoms with Crippen molar-refractivity contribution >= 4 is 17.9 Å². The van der Waals surface area contributed by atoms with Gasteiger partial charge in [-0.25, -0.2) is 4.79 Å². The molecule has 1 heterocycles. The van der Waals surface area contributed by atoms with E-state index in [2.05, 4.69) is 5.32 Å². The van der Waals surface area contributed by atoms with Crippen LogP contribution in [0.3, 0.4) is 0 Å². The molecule has 6 nitrogen and oxygen atoms in total. The minimum atomic E-state index is -1.14. The third kappa shape index (κ3) is 2.74. The van der Waals surface area contributed by atoms with Crippen molar-refractivity contribution in [3.8, 4) is 0 Å². The number of carbonyl (C=O) groups is 3. The molecule has 1 aliphatic heterocycles. The first-order valence-electron chi connectivity index (χ1n) is 6.84. The predicted octanol–water partition coefficient (Wildman–Crippen LogP) is 1.49. The van der Waals surface area contributed by atoms with Gasteiger partial charge >= 0.3 is 12.0 Å². The van der Waals surface area contributed by atoms with Crippen molar-refractivity contribution in [2.24, 2.45) is 0 Å². The van der Waals surface area contributed by atoms with E-state index in [0.717, 1.165) is 16.9 Å². The molecule has 0 saturated carbocycles. The molecule has 112 valence electrons. The Morgan fingerprint density at radius 2 is 1.90 bits per heavy atom. The number of amides is 3. The summed E-state index contributed by atoms with van der Waals surface area (Å²) in [6.07, 6.45) is 0.631. The van der Waals surface area contributed by atoms with Crippen LogP contribution in [0.15, 0.2) is 24.3 Å². The molecule has 1 saturated heterocycles. The van der Waals surface area contributed by atoms with Gasteiger partial charge in [-0.15, -0.1) is 0 Å². The summed E-state index contributed by atoms with van der Waals surface area (Å²) >= 11 is 0. The number of carbonyl (C=O) groups excluding carboxylic acids is 2. The number of nitrogens with one attached hydrogen (secondary N) is 1. The summed E-state index contributed by atoms with van der Waals surface area (Å²) in [6, 6.07) is 6.92. The Morgan fingerprint density at radius 3 is 2.43 bits per heavy atom. The molecular formula is C15H18N2O4. The molecule has 1 aromatic rings. The third-order valence-electron chi connectivity index (χ3n) is 3.76. The number of aliphatic carboxylic acids is 1. The van der Waals surface area contributed by atoms with Gasteiger partial charge < -0.3 is 10.4 Å². The molecular weight excluding hydrogens is 272 g/mol. The molecule has 1 aliphatic rings. The van der Waals surface area contributed by atoms with Crippen LogP contribution in [0.4, 0.5) is 4.79 Å². The molecule has 2 N–H and O–H groups in total. The average Bonchev–Trinajstić information content (AvgIpc) is 2.68. The highest BCUT2D eigenvalue weighted by Gasteiger charge is 2.48. The molecule has 2 rings (SSSR count). The topological polar surface area (TPSA) is 86.7 Å². The van der Waals surface area contributed by atoms with E-state index >= 15 is 0 Å². The summed E-state index contributed by atoms with van der Waals surface area (Å²) in [6.45, 7) is 3.55. The van der Waals surface area contributed by atoms with Crippen molar-refractivity contribution < 1.29 is 19.5 Å². The summed E-state index contributed by atoms with van der Waals surface area (Å²) in [5, 5.41) is 11.3. The van der Waals surface area contributed by atoms with Gasteiger partial charge in [0.15, 0.2) is 0 Å². The van der Waals surface area contributed by atoms with E-state index in [4.69, 9.17) is 5.11 Å². The minimum absolute atomic E-state index is 0.122. The molecule has 0 spiro atoms. The Bertz CT molecular complexity index is 582. The number of hydrogen-bond donors (Lipinski definition) is 2. The molecule has 1 atom stereocenters. The smallest absolute Gasteiger partial charge is 0.325 e. The molecule has 1 fully saturated rings. The summed E-state index contributed by atoms with van der Waals surface area (Å²) in [4.78, 5) is 35.9. The van der Waals surface area contributed by atoms with Gasteiger partial charge in [0.05, 0.1) is 6.42 Å². The van der Waals surface area contributed by atoms with Gasteiger partial charge in [-0.05, 0) is 24.5 Å². The lowest BCUT2D eigenvalue weighted by molar-refractivity contribution is -0.138. The van der Waals surface area contributed by atoms with E-state index in [1.807, 2.05) is 31.2 Å². The highest BCUT2D eigenvalue weighted by Crippen LogP contribution is 2.29. The summed E-state index contributed by atoms with van der Waals surface area (Å²) < 4.78 is 0. The van der Waals surface area contributed by atoms with E-state index in [1.54, 1.807) is 6.92 Å². The van der Waals surface area contributed by atoms with Crippen LogP contribution in [0.5, 0.6) is 0 Å². The van der Waals surface area contributed by atoms with E-state index in [1.165, 1.54) is 0 Å². The number of aryl methyl sites for hydroxylation is 1.